The predicted molar refractivity (Wildman–Crippen MR) is 86.7 cm³/mol. The highest BCUT2D eigenvalue weighted by atomic mass is 16.5. The summed E-state index contributed by atoms with van der Waals surface area (Å²) in [6, 6.07) is 0.406. The van der Waals surface area contributed by atoms with Crippen LogP contribution in [0.2, 0.25) is 0 Å². The van der Waals surface area contributed by atoms with Crippen molar-refractivity contribution in [3.8, 4) is 0 Å². The van der Waals surface area contributed by atoms with E-state index in [1.165, 1.54) is 0 Å². The lowest BCUT2D eigenvalue weighted by Crippen LogP contribution is -2.60. The van der Waals surface area contributed by atoms with Gasteiger partial charge in [-0.25, -0.2) is 0 Å². The maximum absolute atomic E-state index is 12.8. The Kier molecular flexibility index (Phi) is 5.51. The molecule has 0 bridgehead atoms. The molecule has 5 nitrogen and oxygen atoms in total. The Labute approximate surface area is 134 Å². The number of hydrogen-bond acceptors (Lipinski definition) is 4. The van der Waals surface area contributed by atoms with Gasteiger partial charge in [0.2, 0.25) is 0 Å². The van der Waals surface area contributed by atoms with Crippen molar-refractivity contribution < 1.29 is 14.6 Å². The molecule has 0 aliphatic carbocycles. The molecule has 1 atom stereocenters. The van der Waals surface area contributed by atoms with Crippen LogP contribution in [0.3, 0.4) is 0 Å². The Morgan fingerprint density at radius 2 is 2.00 bits per heavy atom. The summed E-state index contributed by atoms with van der Waals surface area (Å²) in [5.74, 6) is -0.0902. The maximum atomic E-state index is 12.8. The van der Waals surface area contributed by atoms with Gasteiger partial charge in [-0.1, -0.05) is 20.8 Å². The average molecular weight is 312 g/mol. The van der Waals surface area contributed by atoms with E-state index >= 15 is 0 Å². The van der Waals surface area contributed by atoms with Crippen molar-refractivity contribution in [1.29, 1.82) is 0 Å². The first kappa shape index (κ1) is 17.7. The van der Waals surface area contributed by atoms with Gasteiger partial charge in [0, 0.05) is 38.9 Å². The molecule has 2 aliphatic heterocycles. The molecular formula is C17H32N2O3. The fraction of sp³-hybridized carbons (Fsp3) is 0.941. The Morgan fingerprint density at radius 1 is 1.36 bits per heavy atom. The first-order chi connectivity index (χ1) is 10.2. The zero-order chi connectivity index (χ0) is 16.4. The number of nitrogens with zero attached hydrogens (tertiary/aromatic N) is 2. The van der Waals surface area contributed by atoms with Gasteiger partial charge in [-0.15, -0.1) is 0 Å². The molecule has 0 aromatic carbocycles. The number of ether oxygens (including phenoxy) is 1. The van der Waals surface area contributed by atoms with Crippen LogP contribution in [0.25, 0.3) is 0 Å². The first-order valence-electron chi connectivity index (χ1n) is 8.51. The molecule has 2 saturated heterocycles. The van der Waals surface area contributed by atoms with E-state index in [0.717, 1.165) is 39.0 Å². The minimum atomic E-state index is -1.23. The van der Waals surface area contributed by atoms with E-state index in [1.807, 2.05) is 11.9 Å². The van der Waals surface area contributed by atoms with Crippen LogP contribution in [0.5, 0.6) is 0 Å². The lowest BCUT2D eigenvalue weighted by Gasteiger charge is -2.43. The van der Waals surface area contributed by atoms with Crippen LogP contribution >= 0.6 is 0 Å². The number of aliphatic hydroxyl groups is 1. The summed E-state index contributed by atoms with van der Waals surface area (Å²) in [6.07, 6.45) is 3.40. The standard InChI is InChI=1S/C17H32N2O3/c1-16(2,3)12-19-9-5-8-17(21,15(19)20)13-18(4)14-6-10-22-11-7-14/h14,21H,5-13H2,1-4H3/t17-/m0/s1. The highest BCUT2D eigenvalue weighted by molar-refractivity contribution is 5.86. The molecule has 1 amide bonds. The van der Waals surface area contributed by atoms with Crippen molar-refractivity contribution in [2.24, 2.45) is 5.41 Å². The van der Waals surface area contributed by atoms with Gasteiger partial charge in [0.15, 0.2) is 5.60 Å². The largest absolute Gasteiger partial charge is 0.381 e. The minimum absolute atomic E-state index is 0.0561. The van der Waals surface area contributed by atoms with Gasteiger partial charge < -0.3 is 14.7 Å². The summed E-state index contributed by atoms with van der Waals surface area (Å²) >= 11 is 0. The van der Waals surface area contributed by atoms with Gasteiger partial charge in [-0.05, 0) is 38.1 Å². The van der Waals surface area contributed by atoms with E-state index in [4.69, 9.17) is 4.74 Å². The molecule has 2 rings (SSSR count). The topological polar surface area (TPSA) is 53.0 Å². The number of rotatable bonds is 4. The van der Waals surface area contributed by atoms with Crippen molar-refractivity contribution in [2.75, 3.05) is 39.9 Å². The normalized spacial score (nSPS) is 28.5. The highest BCUT2D eigenvalue weighted by Gasteiger charge is 2.44. The van der Waals surface area contributed by atoms with Crippen LogP contribution in [-0.4, -0.2) is 72.4 Å². The fourth-order valence-corrected chi connectivity index (χ4v) is 3.60. The molecule has 0 aromatic heterocycles. The zero-order valence-corrected chi connectivity index (χ0v) is 14.6. The summed E-state index contributed by atoms with van der Waals surface area (Å²) in [5, 5.41) is 10.9. The van der Waals surface area contributed by atoms with Gasteiger partial charge >= 0.3 is 0 Å². The summed E-state index contributed by atoms with van der Waals surface area (Å²) in [4.78, 5) is 16.8. The van der Waals surface area contributed by atoms with Crippen LogP contribution in [0.1, 0.15) is 46.5 Å². The quantitative estimate of drug-likeness (QED) is 0.855. The van der Waals surface area contributed by atoms with Crippen molar-refractivity contribution in [3.05, 3.63) is 0 Å². The minimum Gasteiger partial charge on any atom is -0.381 e. The third-order valence-corrected chi connectivity index (χ3v) is 4.69. The molecule has 0 radical (unpaired) electrons. The average Bonchev–Trinajstić information content (AvgIpc) is 2.44. The summed E-state index contributed by atoms with van der Waals surface area (Å²) in [6.45, 7) is 9.83. The Bertz CT molecular complexity index is 388. The van der Waals surface area contributed by atoms with E-state index in [1.54, 1.807) is 0 Å². The van der Waals surface area contributed by atoms with Crippen molar-refractivity contribution in [3.63, 3.8) is 0 Å². The molecule has 0 saturated carbocycles. The number of carbonyl (C=O) groups excluding carboxylic acids is 1. The van der Waals surface area contributed by atoms with Gasteiger partial charge in [0.25, 0.3) is 5.91 Å². The molecular weight excluding hydrogens is 280 g/mol. The van der Waals surface area contributed by atoms with E-state index in [2.05, 4.69) is 25.7 Å². The second-order valence-electron chi connectivity index (χ2n) is 8.18. The molecule has 2 aliphatic rings. The van der Waals surface area contributed by atoms with Crippen molar-refractivity contribution >= 4 is 5.91 Å². The van der Waals surface area contributed by atoms with Crippen molar-refractivity contribution in [2.45, 2.75) is 58.1 Å². The highest BCUT2D eigenvalue weighted by Crippen LogP contribution is 2.28. The van der Waals surface area contributed by atoms with Gasteiger partial charge in [0.05, 0.1) is 0 Å². The van der Waals surface area contributed by atoms with Crippen LogP contribution in [-0.2, 0) is 9.53 Å². The first-order valence-corrected chi connectivity index (χ1v) is 8.51. The SMILES string of the molecule is CN(C[C@@]1(O)CCCN(CC(C)(C)C)C1=O)C1CCOCC1. The molecule has 5 heteroatoms. The number of hydrogen-bond donors (Lipinski definition) is 1. The van der Waals surface area contributed by atoms with Gasteiger partial charge in [-0.2, -0.15) is 0 Å². The van der Waals surface area contributed by atoms with Gasteiger partial charge in [-0.3, -0.25) is 9.69 Å². The van der Waals surface area contributed by atoms with Crippen LogP contribution in [0.4, 0.5) is 0 Å². The second kappa shape index (κ2) is 6.85. The fourth-order valence-electron chi connectivity index (χ4n) is 3.60. The zero-order valence-electron chi connectivity index (χ0n) is 14.6. The second-order valence-corrected chi connectivity index (χ2v) is 8.18. The molecule has 2 heterocycles. The number of carbonyl (C=O) groups is 1. The molecule has 1 N–H and O–H groups in total. The number of piperidine rings is 1. The number of amides is 1. The van der Waals surface area contributed by atoms with Gasteiger partial charge in [0.1, 0.15) is 0 Å². The summed E-state index contributed by atoms with van der Waals surface area (Å²) in [7, 11) is 2.02. The number of likely N-dealkylation sites (N-methyl/N-ethyl adjacent to an activating group) is 1. The van der Waals surface area contributed by atoms with E-state index in [0.29, 0.717) is 25.6 Å². The molecule has 0 unspecified atom stereocenters. The Balaban J connectivity index is 1.99. The molecule has 2 fully saturated rings. The monoisotopic (exact) mass is 312 g/mol. The number of likely N-dealkylation sites (tertiary alicyclic amines) is 1. The van der Waals surface area contributed by atoms with E-state index < -0.39 is 5.60 Å². The summed E-state index contributed by atoms with van der Waals surface area (Å²) < 4.78 is 5.39. The molecule has 22 heavy (non-hydrogen) atoms. The smallest absolute Gasteiger partial charge is 0.255 e. The third kappa shape index (κ3) is 4.43. The third-order valence-electron chi connectivity index (χ3n) is 4.69. The lowest BCUT2D eigenvalue weighted by atomic mass is 9.88. The molecule has 128 valence electrons. The van der Waals surface area contributed by atoms with Crippen LogP contribution < -0.4 is 0 Å². The molecule has 0 aromatic rings. The summed E-state index contributed by atoms with van der Waals surface area (Å²) in [5.41, 5.74) is -1.17. The lowest BCUT2D eigenvalue weighted by molar-refractivity contribution is -0.161. The van der Waals surface area contributed by atoms with Crippen molar-refractivity contribution in [1.82, 2.24) is 9.80 Å². The maximum Gasteiger partial charge on any atom is 0.255 e. The van der Waals surface area contributed by atoms with E-state index in [-0.39, 0.29) is 11.3 Å². The Hall–Kier alpha value is -0.650. The van der Waals surface area contributed by atoms with Crippen LogP contribution in [0, 0.1) is 5.41 Å². The molecule has 0 spiro atoms. The van der Waals surface area contributed by atoms with Crippen LogP contribution in [0.15, 0.2) is 0 Å². The Morgan fingerprint density at radius 3 is 2.59 bits per heavy atom. The van der Waals surface area contributed by atoms with E-state index in [9.17, 15) is 9.90 Å². The predicted octanol–water partition coefficient (Wildman–Crippen LogP) is 1.50.